The van der Waals surface area contributed by atoms with Gasteiger partial charge in [-0.05, 0) is 6.42 Å². The van der Waals surface area contributed by atoms with E-state index in [-0.39, 0.29) is 0 Å². The first-order valence-electron chi connectivity index (χ1n) is 4.04. The van der Waals surface area contributed by atoms with Crippen molar-refractivity contribution in [3.8, 4) is 0 Å². The van der Waals surface area contributed by atoms with E-state index in [0.717, 1.165) is 0 Å². The van der Waals surface area contributed by atoms with E-state index in [1.807, 2.05) is 0 Å². The van der Waals surface area contributed by atoms with Crippen LogP contribution in [0.4, 0.5) is 0 Å². The molecular weight excluding hydrogens is 176 g/mol. The number of hydrogen-bond donors (Lipinski definition) is 0. The highest BCUT2D eigenvalue weighted by atomic mass is 16.7. The Morgan fingerprint density at radius 3 is 2.62 bits per heavy atom. The second kappa shape index (κ2) is 4.23. The van der Waals surface area contributed by atoms with Crippen molar-refractivity contribution in [1.82, 2.24) is 0 Å². The number of methoxy groups -OCH3 is 1. The molecule has 1 rings (SSSR count). The molecule has 1 aliphatic heterocycles. The van der Waals surface area contributed by atoms with Crippen molar-refractivity contribution in [1.29, 1.82) is 0 Å². The van der Waals surface area contributed by atoms with Crippen LogP contribution in [0, 0.1) is 0 Å². The van der Waals surface area contributed by atoms with Crippen molar-refractivity contribution in [2.24, 2.45) is 0 Å². The lowest BCUT2D eigenvalue weighted by atomic mass is 10.2. The van der Waals surface area contributed by atoms with Crippen LogP contribution in [0.1, 0.15) is 19.8 Å². The molecule has 5 heteroatoms. The molecule has 0 aromatic carbocycles. The molecule has 2 atom stereocenters. The van der Waals surface area contributed by atoms with Crippen LogP contribution in [0.2, 0.25) is 0 Å². The summed E-state index contributed by atoms with van der Waals surface area (Å²) in [6.07, 6.45) is -0.111. The smallest absolute Gasteiger partial charge is 0.335 e. The summed E-state index contributed by atoms with van der Waals surface area (Å²) in [5.41, 5.74) is 0. The molecule has 1 aliphatic rings. The van der Waals surface area contributed by atoms with Gasteiger partial charge in [-0.15, -0.1) is 0 Å². The molecule has 1 fully saturated rings. The van der Waals surface area contributed by atoms with Crippen molar-refractivity contribution in [2.45, 2.75) is 32.2 Å². The zero-order valence-electron chi connectivity index (χ0n) is 7.61. The minimum absolute atomic E-state index is 0.407. The van der Waals surface area contributed by atoms with Gasteiger partial charge in [-0.25, -0.2) is 4.79 Å². The SMILES string of the molecule is COC(=O)[C@@H]1CCC(OC(C)=O)O1. The number of carbonyl (C=O) groups excluding carboxylic acids is 2. The fourth-order valence-electron chi connectivity index (χ4n) is 1.18. The van der Waals surface area contributed by atoms with Crippen LogP contribution in [0.15, 0.2) is 0 Å². The highest BCUT2D eigenvalue weighted by molar-refractivity contribution is 5.74. The molecule has 0 saturated carbocycles. The number of rotatable bonds is 2. The number of esters is 2. The average Bonchev–Trinajstić information content (AvgIpc) is 2.50. The topological polar surface area (TPSA) is 61.8 Å². The largest absolute Gasteiger partial charge is 0.467 e. The van der Waals surface area contributed by atoms with Gasteiger partial charge in [-0.2, -0.15) is 0 Å². The highest BCUT2D eigenvalue weighted by Gasteiger charge is 2.32. The maximum Gasteiger partial charge on any atom is 0.335 e. The third-order valence-electron chi connectivity index (χ3n) is 1.74. The molecule has 5 nitrogen and oxygen atoms in total. The van der Waals surface area contributed by atoms with Gasteiger partial charge >= 0.3 is 11.9 Å². The van der Waals surface area contributed by atoms with Gasteiger partial charge in [0.1, 0.15) is 0 Å². The summed E-state index contributed by atoms with van der Waals surface area (Å²) in [4.78, 5) is 21.5. The van der Waals surface area contributed by atoms with Crippen molar-refractivity contribution in [2.75, 3.05) is 7.11 Å². The number of ether oxygens (including phenoxy) is 3. The van der Waals surface area contributed by atoms with Crippen LogP contribution in [0.5, 0.6) is 0 Å². The molecule has 0 amide bonds. The van der Waals surface area contributed by atoms with Gasteiger partial charge in [-0.1, -0.05) is 0 Å². The molecule has 13 heavy (non-hydrogen) atoms. The van der Waals surface area contributed by atoms with E-state index in [2.05, 4.69) is 4.74 Å². The second-order valence-corrected chi connectivity index (χ2v) is 2.76. The van der Waals surface area contributed by atoms with Gasteiger partial charge in [0, 0.05) is 13.3 Å². The second-order valence-electron chi connectivity index (χ2n) is 2.76. The van der Waals surface area contributed by atoms with E-state index in [0.29, 0.717) is 12.8 Å². The third kappa shape index (κ3) is 2.69. The molecule has 0 N–H and O–H groups in total. The lowest BCUT2D eigenvalue weighted by Crippen LogP contribution is -2.24. The Hall–Kier alpha value is -1.10. The fourth-order valence-corrected chi connectivity index (χ4v) is 1.18. The summed E-state index contributed by atoms with van der Waals surface area (Å²) in [6, 6.07) is 0. The van der Waals surface area contributed by atoms with Crippen LogP contribution in [0.25, 0.3) is 0 Å². The van der Waals surface area contributed by atoms with E-state index in [9.17, 15) is 9.59 Å². The first-order chi connectivity index (χ1) is 6.13. The highest BCUT2D eigenvalue weighted by Crippen LogP contribution is 2.21. The van der Waals surface area contributed by atoms with Crippen molar-refractivity contribution >= 4 is 11.9 Å². The first-order valence-corrected chi connectivity index (χ1v) is 4.04. The van der Waals surface area contributed by atoms with Gasteiger partial charge in [0.2, 0.25) is 6.29 Å². The molecule has 0 aromatic heterocycles. The van der Waals surface area contributed by atoms with Crippen LogP contribution in [0.3, 0.4) is 0 Å². The minimum Gasteiger partial charge on any atom is -0.467 e. The molecular formula is C8H12O5. The Kier molecular flexibility index (Phi) is 3.25. The van der Waals surface area contributed by atoms with E-state index in [1.54, 1.807) is 0 Å². The molecule has 0 radical (unpaired) electrons. The molecule has 0 spiro atoms. The van der Waals surface area contributed by atoms with Crippen LogP contribution >= 0.6 is 0 Å². The van der Waals surface area contributed by atoms with Gasteiger partial charge in [0.05, 0.1) is 7.11 Å². The maximum atomic E-state index is 11.0. The molecule has 1 saturated heterocycles. The van der Waals surface area contributed by atoms with Gasteiger partial charge in [0.15, 0.2) is 6.10 Å². The predicted molar refractivity (Wildman–Crippen MR) is 41.7 cm³/mol. The van der Waals surface area contributed by atoms with Crippen molar-refractivity contribution in [3.63, 3.8) is 0 Å². The van der Waals surface area contributed by atoms with Crippen LogP contribution < -0.4 is 0 Å². The molecule has 74 valence electrons. The van der Waals surface area contributed by atoms with E-state index in [4.69, 9.17) is 9.47 Å². The number of carbonyl (C=O) groups is 2. The Balaban J connectivity index is 2.36. The molecule has 1 unspecified atom stereocenters. The van der Waals surface area contributed by atoms with Gasteiger partial charge in [-0.3, -0.25) is 4.79 Å². The molecule has 0 aliphatic carbocycles. The number of hydrogen-bond acceptors (Lipinski definition) is 5. The van der Waals surface area contributed by atoms with E-state index >= 15 is 0 Å². The lowest BCUT2D eigenvalue weighted by Gasteiger charge is -2.11. The van der Waals surface area contributed by atoms with Gasteiger partial charge in [0.25, 0.3) is 0 Å². The predicted octanol–water partition coefficient (Wildman–Crippen LogP) is 0.228. The standard InChI is InChI=1S/C8H12O5/c1-5(9)12-7-4-3-6(13-7)8(10)11-2/h6-7H,3-4H2,1-2H3/t6-,7?/m0/s1. The molecule has 1 heterocycles. The average molecular weight is 188 g/mol. The summed E-state index contributed by atoms with van der Waals surface area (Å²) in [6.45, 7) is 1.30. The normalized spacial score (nSPS) is 26.9. The summed E-state index contributed by atoms with van der Waals surface area (Å²) in [5.74, 6) is -0.829. The molecule has 0 bridgehead atoms. The van der Waals surface area contributed by atoms with Crippen molar-refractivity contribution < 1.29 is 23.8 Å². The Morgan fingerprint density at radius 1 is 1.38 bits per heavy atom. The summed E-state index contributed by atoms with van der Waals surface area (Å²) >= 11 is 0. The maximum absolute atomic E-state index is 11.0. The summed E-state index contributed by atoms with van der Waals surface area (Å²) in [7, 11) is 1.30. The third-order valence-corrected chi connectivity index (χ3v) is 1.74. The minimum atomic E-state index is -0.596. The zero-order chi connectivity index (χ0) is 9.84. The lowest BCUT2D eigenvalue weighted by molar-refractivity contribution is -0.182. The Bertz CT molecular complexity index is 213. The quantitative estimate of drug-likeness (QED) is 0.580. The molecule has 0 aromatic rings. The van der Waals surface area contributed by atoms with E-state index in [1.165, 1.54) is 14.0 Å². The Morgan fingerprint density at radius 2 is 2.08 bits per heavy atom. The zero-order valence-corrected chi connectivity index (χ0v) is 7.61. The fraction of sp³-hybridized carbons (Fsp3) is 0.750. The van der Waals surface area contributed by atoms with Gasteiger partial charge < -0.3 is 14.2 Å². The monoisotopic (exact) mass is 188 g/mol. The van der Waals surface area contributed by atoms with Crippen LogP contribution in [-0.2, 0) is 23.8 Å². The first kappa shape index (κ1) is 9.98. The van der Waals surface area contributed by atoms with Crippen molar-refractivity contribution in [3.05, 3.63) is 0 Å². The summed E-state index contributed by atoms with van der Waals surface area (Å²) < 4.78 is 14.4. The van der Waals surface area contributed by atoms with E-state index < -0.39 is 24.3 Å². The van der Waals surface area contributed by atoms with Crippen LogP contribution in [-0.4, -0.2) is 31.4 Å². The Labute approximate surface area is 76.0 Å². The summed E-state index contributed by atoms with van der Waals surface area (Å²) in [5, 5.41) is 0.